The average molecular weight is 342 g/mol. The molecule has 0 aliphatic carbocycles. The zero-order valence-corrected chi connectivity index (χ0v) is 14.4. The van der Waals surface area contributed by atoms with Gasteiger partial charge in [-0.15, -0.1) is 11.3 Å². The number of thiazole rings is 1. The number of aryl methyl sites for hydroxylation is 1. The molecule has 124 valence electrons. The Kier molecular flexibility index (Phi) is 4.76. The van der Waals surface area contributed by atoms with E-state index in [4.69, 9.17) is 4.74 Å². The summed E-state index contributed by atoms with van der Waals surface area (Å²) in [6.45, 7) is 3.81. The van der Waals surface area contributed by atoms with Gasteiger partial charge in [0.05, 0.1) is 11.6 Å². The van der Waals surface area contributed by atoms with Gasteiger partial charge in [-0.1, -0.05) is 37.3 Å². The van der Waals surface area contributed by atoms with E-state index in [0.29, 0.717) is 17.1 Å². The minimum atomic E-state index is -0.306. The summed E-state index contributed by atoms with van der Waals surface area (Å²) in [6.07, 6.45) is 0.655. The van der Waals surface area contributed by atoms with Crippen molar-refractivity contribution in [1.29, 1.82) is 0 Å². The van der Waals surface area contributed by atoms with Gasteiger partial charge in [0.2, 0.25) is 0 Å². The largest absolute Gasteiger partial charge is 0.459 e. The predicted molar refractivity (Wildman–Crippen MR) is 93.3 cm³/mol. The Balaban J connectivity index is 1.75. The van der Waals surface area contributed by atoms with Crippen LogP contribution < -0.4 is 5.56 Å². The molecule has 6 heteroatoms. The van der Waals surface area contributed by atoms with Gasteiger partial charge in [0.1, 0.15) is 6.61 Å². The van der Waals surface area contributed by atoms with Crippen molar-refractivity contribution in [2.45, 2.75) is 32.8 Å². The van der Waals surface area contributed by atoms with E-state index in [1.165, 1.54) is 17.4 Å². The van der Waals surface area contributed by atoms with Crippen LogP contribution in [0.15, 0.2) is 46.6 Å². The SMILES string of the molecule is CC[C@H](C(=O)OCc1cc(=O)n2c(C)csc2n1)c1ccccc1. The number of nitrogens with zero attached hydrogens (tertiary/aromatic N) is 2. The number of aromatic nitrogens is 2. The third-order valence-corrected chi connectivity index (χ3v) is 4.83. The van der Waals surface area contributed by atoms with Crippen LogP contribution in [-0.2, 0) is 16.1 Å². The third-order valence-electron chi connectivity index (χ3n) is 3.89. The van der Waals surface area contributed by atoms with Crippen molar-refractivity contribution in [3.63, 3.8) is 0 Å². The van der Waals surface area contributed by atoms with Gasteiger partial charge < -0.3 is 4.74 Å². The first-order valence-corrected chi connectivity index (χ1v) is 8.66. The maximum atomic E-state index is 12.4. The van der Waals surface area contributed by atoms with Crippen molar-refractivity contribution in [3.05, 3.63) is 69.1 Å². The van der Waals surface area contributed by atoms with E-state index in [-0.39, 0.29) is 24.1 Å². The number of carbonyl (C=O) groups excluding carboxylic acids is 1. The van der Waals surface area contributed by atoms with Gasteiger partial charge >= 0.3 is 5.97 Å². The quantitative estimate of drug-likeness (QED) is 0.668. The first-order chi connectivity index (χ1) is 11.6. The van der Waals surface area contributed by atoms with E-state index in [0.717, 1.165) is 11.3 Å². The summed E-state index contributed by atoms with van der Waals surface area (Å²) in [5, 5.41) is 1.88. The number of ether oxygens (including phenoxy) is 1. The normalized spacial score (nSPS) is 12.2. The van der Waals surface area contributed by atoms with Crippen molar-refractivity contribution < 1.29 is 9.53 Å². The Labute approximate surface area is 143 Å². The molecule has 2 aromatic heterocycles. The van der Waals surface area contributed by atoms with E-state index >= 15 is 0 Å². The van der Waals surface area contributed by atoms with Crippen LogP contribution in [0.25, 0.3) is 4.96 Å². The fraction of sp³-hybridized carbons (Fsp3) is 0.278. The van der Waals surface area contributed by atoms with Gasteiger partial charge in [-0.05, 0) is 18.9 Å². The van der Waals surface area contributed by atoms with Crippen LogP contribution in [0.4, 0.5) is 0 Å². The number of hydrogen-bond donors (Lipinski definition) is 0. The molecule has 0 saturated carbocycles. The molecular weight excluding hydrogens is 324 g/mol. The topological polar surface area (TPSA) is 60.7 Å². The maximum absolute atomic E-state index is 12.4. The summed E-state index contributed by atoms with van der Waals surface area (Å²) in [5.74, 6) is -0.604. The number of hydrogen-bond acceptors (Lipinski definition) is 5. The smallest absolute Gasteiger partial charge is 0.313 e. The Morgan fingerprint density at radius 2 is 2.08 bits per heavy atom. The molecule has 5 nitrogen and oxygen atoms in total. The van der Waals surface area contributed by atoms with Crippen LogP contribution >= 0.6 is 11.3 Å². The standard InChI is InChI=1S/C18H18N2O3S/c1-3-15(13-7-5-4-6-8-13)17(22)23-10-14-9-16(21)20-12(2)11-24-18(20)19-14/h4-9,11,15H,3,10H2,1-2H3/t15-/m0/s1. The summed E-state index contributed by atoms with van der Waals surface area (Å²) < 4.78 is 6.95. The first kappa shape index (κ1) is 16.4. The van der Waals surface area contributed by atoms with Crippen LogP contribution in [0.2, 0.25) is 0 Å². The Morgan fingerprint density at radius 3 is 2.79 bits per heavy atom. The van der Waals surface area contributed by atoms with Crippen molar-refractivity contribution in [2.24, 2.45) is 0 Å². The number of rotatable bonds is 5. The molecule has 24 heavy (non-hydrogen) atoms. The molecule has 0 aliphatic rings. The van der Waals surface area contributed by atoms with E-state index in [9.17, 15) is 9.59 Å². The fourth-order valence-corrected chi connectivity index (χ4v) is 3.54. The van der Waals surface area contributed by atoms with E-state index < -0.39 is 0 Å². The van der Waals surface area contributed by atoms with Gasteiger partial charge in [0.15, 0.2) is 4.96 Å². The highest BCUT2D eigenvalue weighted by Crippen LogP contribution is 2.21. The molecule has 0 fully saturated rings. The predicted octanol–water partition coefficient (Wildman–Crippen LogP) is 3.30. The van der Waals surface area contributed by atoms with Gasteiger partial charge in [-0.25, -0.2) is 4.98 Å². The molecule has 0 saturated heterocycles. The first-order valence-electron chi connectivity index (χ1n) is 7.78. The van der Waals surface area contributed by atoms with Gasteiger partial charge in [-0.3, -0.25) is 14.0 Å². The number of benzene rings is 1. The molecule has 1 aromatic carbocycles. The second-order valence-electron chi connectivity index (χ2n) is 5.56. The van der Waals surface area contributed by atoms with E-state index in [1.54, 1.807) is 4.40 Å². The van der Waals surface area contributed by atoms with Crippen LogP contribution in [0.5, 0.6) is 0 Å². The summed E-state index contributed by atoms with van der Waals surface area (Å²) in [4.78, 5) is 29.5. The zero-order chi connectivity index (χ0) is 17.1. The summed E-state index contributed by atoms with van der Waals surface area (Å²) in [7, 11) is 0. The number of carbonyl (C=O) groups is 1. The third kappa shape index (κ3) is 3.23. The van der Waals surface area contributed by atoms with Crippen molar-refractivity contribution >= 4 is 22.3 Å². The Bertz CT molecular complexity index is 915. The second kappa shape index (κ2) is 6.97. The van der Waals surface area contributed by atoms with Crippen LogP contribution in [0.1, 0.15) is 36.2 Å². The van der Waals surface area contributed by atoms with Crippen molar-refractivity contribution in [3.8, 4) is 0 Å². The molecule has 3 aromatic rings. The Hall–Kier alpha value is -2.47. The molecule has 0 N–H and O–H groups in total. The maximum Gasteiger partial charge on any atom is 0.313 e. The Morgan fingerprint density at radius 1 is 1.33 bits per heavy atom. The monoisotopic (exact) mass is 342 g/mol. The highest BCUT2D eigenvalue weighted by molar-refractivity contribution is 7.15. The molecule has 0 spiro atoms. The molecule has 2 heterocycles. The minimum absolute atomic E-state index is 0.00482. The lowest BCUT2D eigenvalue weighted by atomic mass is 9.97. The molecule has 1 atom stereocenters. The summed E-state index contributed by atoms with van der Waals surface area (Å²) in [6, 6.07) is 11.0. The van der Waals surface area contributed by atoms with Crippen LogP contribution in [0, 0.1) is 6.92 Å². The lowest BCUT2D eigenvalue weighted by molar-refractivity contribution is -0.147. The van der Waals surface area contributed by atoms with Gasteiger partial charge in [-0.2, -0.15) is 0 Å². The summed E-state index contributed by atoms with van der Waals surface area (Å²) in [5.41, 5.74) is 2.10. The van der Waals surface area contributed by atoms with Crippen molar-refractivity contribution in [2.75, 3.05) is 0 Å². The minimum Gasteiger partial charge on any atom is -0.459 e. The van der Waals surface area contributed by atoms with Crippen molar-refractivity contribution in [1.82, 2.24) is 9.38 Å². The molecule has 0 unspecified atom stereocenters. The van der Waals surface area contributed by atoms with Gasteiger partial charge in [0.25, 0.3) is 5.56 Å². The second-order valence-corrected chi connectivity index (χ2v) is 6.40. The lowest BCUT2D eigenvalue weighted by Gasteiger charge is -2.14. The number of esters is 1. The molecule has 0 aliphatic heterocycles. The van der Waals surface area contributed by atoms with Crippen LogP contribution in [-0.4, -0.2) is 15.4 Å². The lowest BCUT2D eigenvalue weighted by Crippen LogP contribution is -2.18. The van der Waals surface area contributed by atoms with Gasteiger partial charge in [0, 0.05) is 17.1 Å². The summed E-state index contributed by atoms with van der Waals surface area (Å²) >= 11 is 1.40. The fourth-order valence-electron chi connectivity index (χ4n) is 2.64. The molecule has 0 radical (unpaired) electrons. The molecule has 0 bridgehead atoms. The molecule has 0 amide bonds. The average Bonchev–Trinajstić information content (AvgIpc) is 2.96. The zero-order valence-electron chi connectivity index (χ0n) is 13.6. The molecular formula is C18H18N2O3S. The highest BCUT2D eigenvalue weighted by Gasteiger charge is 2.20. The number of fused-ring (bicyclic) bond motifs is 1. The molecule has 3 rings (SSSR count). The highest BCUT2D eigenvalue weighted by atomic mass is 32.1. The van der Waals surface area contributed by atoms with E-state index in [1.807, 2.05) is 49.6 Å². The van der Waals surface area contributed by atoms with E-state index in [2.05, 4.69) is 4.98 Å². The van der Waals surface area contributed by atoms with Crippen LogP contribution in [0.3, 0.4) is 0 Å².